The van der Waals surface area contributed by atoms with Crippen LogP contribution in [0.1, 0.15) is 12.5 Å². The predicted octanol–water partition coefficient (Wildman–Crippen LogP) is 4.23. The largest absolute Gasteiger partial charge is 0.465 e. The van der Waals surface area contributed by atoms with Gasteiger partial charge in [0.1, 0.15) is 0 Å². The predicted molar refractivity (Wildman–Crippen MR) is 107 cm³/mol. The second kappa shape index (κ2) is 7.77. The lowest BCUT2D eigenvalue weighted by molar-refractivity contribution is -0.384. The molecule has 0 N–H and O–H groups in total. The van der Waals surface area contributed by atoms with Crippen molar-refractivity contribution in [2.45, 2.75) is 6.92 Å². The molecule has 7 nitrogen and oxygen atoms in total. The van der Waals surface area contributed by atoms with Gasteiger partial charge in [0.2, 0.25) is 0 Å². The third kappa shape index (κ3) is 3.46. The molecule has 28 heavy (non-hydrogen) atoms. The average Bonchev–Trinajstić information content (AvgIpc) is 2.93. The second-order valence-electron chi connectivity index (χ2n) is 5.95. The number of nitrogens with zero attached hydrogens (tertiary/aromatic N) is 2. The number of halogens is 1. The number of nitro benzene ring substituents is 1. The van der Waals surface area contributed by atoms with Crippen LogP contribution in [0.4, 0.5) is 11.4 Å². The lowest BCUT2D eigenvalue weighted by Crippen LogP contribution is -2.24. The summed E-state index contributed by atoms with van der Waals surface area (Å²) < 4.78 is 5.64. The molecule has 142 valence electrons. The average molecular weight is 443 g/mol. The zero-order valence-electron chi connectivity index (χ0n) is 15.0. The van der Waals surface area contributed by atoms with Crippen molar-refractivity contribution in [3.05, 3.63) is 85.5 Å². The number of non-ortho nitro benzene ring substituents is 1. The lowest BCUT2D eigenvalue weighted by atomic mass is 10.0. The van der Waals surface area contributed by atoms with Crippen molar-refractivity contribution < 1.29 is 19.2 Å². The van der Waals surface area contributed by atoms with Crippen LogP contribution in [0.5, 0.6) is 0 Å². The zero-order valence-corrected chi connectivity index (χ0v) is 16.6. The molecule has 0 saturated carbocycles. The van der Waals surface area contributed by atoms with Crippen molar-refractivity contribution >= 4 is 45.3 Å². The molecule has 0 aromatic heterocycles. The maximum absolute atomic E-state index is 13.1. The Morgan fingerprint density at radius 2 is 1.82 bits per heavy atom. The van der Waals surface area contributed by atoms with Crippen LogP contribution in [-0.4, -0.2) is 23.9 Å². The number of carbonyl (C=O) groups is 2. The third-order valence-electron chi connectivity index (χ3n) is 4.31. The highest BCUT2D eigenvalue weighted by Crippen LogP contribution is 2.36. The second-order valence-corrected chi connectivity index (χ2v) is 6.80. The zero-order chi connectivity index (χ0) is 20.4. The summed E-state index contributed by atoms with van der Waals surface area (Å²) in [5, 5.41) is 10.9. The highest BCUT2D eigenvalue weighted by Gasteiger charge is 2.38. The van der Waals surface area contributed by atoms with Crippen molar-refractivity contribution in [2.24, 2.45) is 0 Å². The first-order valence-electron chi connectivity index (χ1n) is 8.20. The number of benzene rings is 2. The lowest BCUT2D eigenvalue weighted by Gasteiger charge is -2.17. The Morgan fingerprint density at radius 1 is 1.18 bits per heavy atom. The minimum atomic E-state index is -0.631. The summed E-state index contributed by atoms with van der Waals surface area (Å²) in [7, 11) is 1.25. The number of hydrogen-bond acceptors (Lipinski definition) is 5. The molecule has 3 rings (SSSR count). The van der Waals surface area contributed by atoms with Gasteiger partial charge in [0.05, 0.1) is 23.2 Å². The summed E-state index contributed by atoms with van der Waals surface area (Å²) in [5.74, 6) is -1.05. The van der Waals surface area contributed by atoms with E-state index in [0.29, 0.717) is 11.4 Å². The normalized spacial score (nSPS) is 15.3. The first-order valence-corrected chi connectivity index (χ1v) is 8.99. The molecule has 1 amide bonds. The van der Waals surface area contributed by atoms with E-state index in [9.17, 15) is 19.7 Å². The maximum atomic E-state index is 13.1. The van der Waals surface area contributed by atoms with E-state index < -0.39 is 16.8 Å². The molecule has 0 atom stereocenters. The molecule has 0 unspecified atom stereocenters. The fourth-order valence-electron chi connectivity index (χ4n) is 2.96. The number of esters is 1. The summed E-state index contributed by atoms with van der Waals surface area (Å²) in [5.41, 5.74) is 1.80. The summed E-state index contributed by atoms with van der Waals surface area (Å²) in [6, 6.07) is 12.8. The fraction of sp³-hybridized carbons (Fsp3) is 0.100. The Kier molecular flexibility index (Phi) is 5.41. The topological polar surface area (TPSA) is 89.8 Å². The van der Waals surface area contributed by atoms with Crippen LogP contribution in [0.25, 0.3) is 6.08 Å². The molecule has 8 heteroatoms. The molecule has 2 aromatic carbocycles. The SMILES string of the molecule is COC(=O)C1=C(C)N(c2ccc([N+](=O)[O-])cc2)C(=O)/C1=C\c1ccccc1Br. The molecule has 0 saturated heterocycles. The molecule has 0 bridgehead atoms. The van der Waals surface area contributed by atoms with E-state index in [-0.39, 0.29) is 16.8 Å². The molecule has 0 spiro atoms. The van der Waals surface area contributed by atoms with E-state index in [4.69, 9.17) is 4.74 Å². The molecule has 2 aromatic rings. The van der Waals surface area contributed by atoms with Crippen LogP contribution in [-0.2, 0) is 14.3 Å². The minimum absolute atomic E-state index is 0.0887. The van der Waals surface area contributed by atoms with Crippen molar-refractivity contribution in [1.82, 2.24) is 0 Å². The Bertz CT molecular complexity index is 1040. The third-order valence-corrected chi connectivity index (χ3v) is 5.04. The molecule has 0 aliphatic carbocycles. The van der Waals surface area contributed by atoms with E-state index in [1.807, 2.05) is 24.3 Å². The van der Waals surface area contributed by atoms with Crippen LogP contribution in [0.2, 0.25) is 0 Å². The molecular formula is C20H15BrN2O5. The molecule has 0 radical (unpaired) electrons. The molecule has 1 heterocycles. The van der Waals surface area contributed by atoms with E-state index >= 15 is 0 Å². The highest BCUT2D eigenvalue weighted by atomic mass is 79.9. The molecule has 1 aliphatic heterocycles. The van der Waals surface area contributed by atoms with Gasteiger partial charge in [-0.25, -0.2) is 4.79 Å². The van der Waals surface area contributed by atoms with Gasteiger partial charge < -0.3 is 4.74 Å². The van der Waals surface area contributed by atoms with Gasteiger partial charge in [0.25, 0.3) is 11.6 Å². The van der Waals surface area contributed by atoms with E-state index in [2.05, 4.69) is 15.9 Å². The van der Waals surface area contributed by atoms with Gasteiger partial charge in [-0.3, -0.25) is 19.8 Å². The summed E-state index contributed by atoms with van der Waals surface area (Å²) >= 11 is 3.43. The summed E-state index contributed by atoms with van der Waals surface area (Å²) in [6.45, 7) is 1.63. The maximum Gasteiger partial charge on any atom is 0.340 e. The van der Waals surface area contributed by atoms with Gasteiger partial charge in [-0.15, -0.1) is 0 Å². The Morgan fingerprint density at radius 3 is 2.39 bits per heavy atom. The molecule has 1 aliphatic rings. The standard InChI is InChI=1S/C20H15BrN2O5/c1-12-18(20(25)28-2)16(11-13-5-3-4-6-17(13)21)19(24)22(12)14-7-9-15(10-8-14)23(26)27/h3-11H,1-2H3/b16-11-. The first kappa shape index (κ1) is 19.5. The van der Waals surface area contributed by atoms with E-state index in [1.165, 1.54) is 36.3 Å². The van der Waals surface area contributed by atoms with Gasteiger partial charge in [-0.1, -0.05) is 34.1 Å². The monoisotopic (exact) mass is 442 g/mol. The van der Waals surface area contributed by atoms with Crippen LogP contribution in [0.3, 0.4) is 0 Å². The Hall–Kier alpha value is -3.26. The van der Waals surface area contributed by atoms with Crippen molar-refractivity contribution in [2.75, 3.05) is 12.0 Å². The van der Waals surface area contributed by atoms with Crippen LogP contribution in [0, 0.1) is 10.1 Å². The van der Waals surface area contributed by atoms with Crippen LogP contribution < -0.4 is 4.90 Å². The summed E-state index contributed by atoms with van der Waals surface area (Å²) in [4.78, 5) is 37.2. The summed E-state index contributed by atoms with van der Waals surface area (Å²) in [6.07, 6.45) is 1.62. The highest BCUT2D eigenvalue weighted by molar-refractivity contribution is 9.10. The fourth-order valence-corrected chi connectivity index (χ4v) is 3.36. The molecule has 0 fully saturated rings. The quantitative estimate of drug-likeness (QED) is 0.305. The number of rotatable bonds is 4. The first-order chi connectivity index (χ1) is 13.3. The van der Waals surface area contributed by atoms with Gasteiger partial charge in [0.15, 0.2) is 0 Å². The van der Waals surface area contributed by atoms with E-state index in [0.717, 1.165) is 10.0 Å². The van der Waals surface area contributed by atoms with Crippen molar-refractivity contribution in [3.63, 3.8) is 0 Å². The van der Waals surface area contributed by atoms with Gasteiger partial charge in [0, 0.05) is 28.0 Å². The van der Waals surface area contributed by atoms with Crippen LogP contribution in [0.15, 0.2) is 69.8 Å². The number of anilines is 1. The Balaban J connectivity index is 2.12. The number of allylic oxidation sites excluding steroid dienone is 1. The number of methoxy groups -OCH3 is 1. The number of ether oxygens (including phenoxy) is 1. The van der Waals surface area contributed by atoms with Gasteiger partial charge >= 0.3 is 5.97 Å². The number of hydrogen-bond donors (Lipinski definition) is 0. The van der Waals surface area contributed by atoms with Crippen molar-refractivity contribution in [1.29, 1.82) is 0 Å². The Labute approximate surface area is 169 Å². The van der Waals surface area contributed by atoms with Crippen molar-refractivity contribution in [3.8, 4) is 0 Å². The van der Waals surface area contributed by atoms with Gasteiger partial charge in [-0.2, -0.15) is 0 Å². The van der Waals surface area contributed by atoms with Crippen LogP contribution >= 0.6 is 15.9 Å². The van der Waals surface area contributed by atoms with Gasteiger partial charge in [-0.05, 0) is 36.8 Å². The molecular weight excluding hydrogens is 428 g/mol. The number of amides is 1. The number of carbonyl (C=O) groups excluding carboxylic acids is 2. The van der Waals surface area contributed by atoms with E-state index in [1.54, 1.807) is 13.0 Å². The smallest absolute Gasteiger partial charge is 0.340 e. The number of nitro groups is 1. The minimum Gasteiger partial charge on any atom is -0.465 e.